The molecule has 1 fully saturated rings. The third-order valence-corrected chi connectivity index (χ3v) is 5.59. The van der Waals surface area contributed by atoms with Crippen molar-refractivity contribution in [2.24, 2.45) is 0 Å². The van der Waals surface area contributed by atoms with E-state index >= 15 is 0 Å². The zero-order valence-electron chi connectivity index (χ0n) is 12.8. The van der Waals surface area contributed by atoms with E-state index in [2.05, 4.69) is 10.2 Å². The van der Waals surface area contributed by atoms with Gasteiger partial charge in [-0.05, 0) is 6.07 Å². The Labute approximate surface area is 137 Å². The van der Waals surface area contributed by atoms with Gasteiger partial charge in [0.25, 0.3) is 5.69 Å². The second-order valence-electron chi connectivity index (χ2n) is 5.25. The average molecular weight is 353 g/mol. The van der Waals surface area contributed by atoms with Crippen LogP contribution >= 0.6 is 0 Å². The van der Waals surface area contributed by atoms with Crippen molar-refractivity contribution >= 4 is 21.7 Å². The van der Waals surface area contributed by atoms with E-state index in [1.165, 1.54) is 22.5 Å². The van der Waals surface area contributed by atoms with Gasteiger partial charge in [-0.1, -0.05) is 11.2 Å². The normalized spacial score (nSPS) is 16.3. The van der Waals surface area contributed by atoms with Crippen LogP contribution in [0.3, 0.4) is 0 Å². The van der Waals surface area contributed by atoms with Crippen LogP contribution in [0, 0.1) is 17.0 Å². The van der Waals surface area contributed by atoms with Crippen molar-refractivity contribution in [2.45, 2.75) is 11.8 Å². The molecule has 0 amide bonds. The van der Waals surface area contributed by atoms with Crippen LogP contribution in [0.2, 0.25) is 0 Å². The Morgan fingerprint density at radius 1 is 1.21 bits per heavy atom. The van der Waals surface area contributed by atoms with E-state index in [4.69, 9.17) is 4.42 Å². The van der Waals surface area contributed by atoms with Crippen molar-refractivity contribution < 1.29 is 17.8 Å². The lowest BCUT2D eigenvalue weighted by Gasteiger charge is -2.32. The first-order valence-corrected chi connectivity index (χ1v) is 8.61. The summed E-state index contributed by atoms with van der Waals surface area (Å²) in [7, 11) is -3.78. The maximum atomic E-state index is 12.6. The molecule has 0 atom stereocenters. The second kappa shape index (κ2) is 6.17. The lowest BCUT2D eigenvalue weighted by atomic mass is 10.3. The molecular weight excluding hydrogens is 338 g/mol. The molecule has 3 rings (SSSR count). The van der Waals surface area contributed by atoms with Gasteiger partial charge >= 0.3 is 6.01 Å². The number of hydrogen-bond donors (Lipinski definition) is 0. The van der Waals surface area contributed by atoms with Crippen LogP contribution in [-0.4, -0.2) is 54.0 Å². The van der Waals surface area contributed by atoms with Crippen LogP contribution in [0.1, 0.15) is 5.89 Å². The van der Waals surface area contributed by atoms with Crippen LogP contribution in [0.4, 0.5) is 11.7 Å². The standard InChI is InChI=1S/C13H15N5O5S/c1-10-14-15-13(23-10)16-5-7-17(8-6-16)24(21,22)12-4-2-3-11(9-12)18(19)20/h2-4,9H,5-8H2,1H3. The maximum Gasteiger partial charge on any atom is 0.318 e. The highest BCUT2D eigenvalue weighted by molar-refractivity contribution is 7.89. The van der Waals surface area contributed by atoms with E-state index in [1.807, 2.05) is 0 Å². The predicted octanol–water partition coefficient (Wildman–Crippen LogP) is 0.797. The lowest BCUT2D eigenvalue weighted by Crippen LogP contribution is -2.48. The molecule has 11 heteroatoms. The molecule has 0 aliphatic carbocycles. The molecule has 10 nitrogen and oxygen atoms in total. The minimum absolute atomic E-state index is 0.0845. The first kappa shape index (κ1) is 16.3. The molecule has 0 N–H and O–H groups in total. The Hall–Kier alpha value is -2.53. The van der Waals surface area contributed by atoms with Crippen molar-refractivity contribution in [3.63, 3.8) is 0 Å². The number of hydrogen-bond acceptors (Lipinski definition) is 8. The van der Waals surface area contributed by atoms with E-state index in [1.54, 1.807) is 11.8 Å². The van der Waals surface area contributed by atoms with Gasteiger partial charge in [0.15, 0.2) is 0 Å². The van der Waals surface area contributed by atoms with Crippen LogP contribution in [0.25, 0.3) is 0 Å². The minimum Gasteiger partial charge on any atom is -0.408 e. The number of aryl methyl sites for hydroxylation is 1. The number of benzene rings is 1. The average Bonchev–Trinajstić information content (AvgIpc) is 3.01. The van der Waals surface area contributed by atoms with Crippen LogP contribution < -0.4 is 4.90 Å². The smallest absolute Gasteiger partial charge is 0.318 e. The number of anilines is 1. The summed E-state index contributed by atoms with van der Waals surface area (Å²) in [6.45, 7) is 2.93. The summed E-state index contributed by atoms with van der Waals surface area (Å²) in [5.74, 6) is 0.441. The summed E-state index contributed by atoms with van der Waals surface area (Å²) in [6, 6.07) is 5.41. The summed E-state index contributed by atoms with van der Waals surface area (Å²) in [4.78, 5) is 11.9. The van der Waals surface area contributed by atoms with Crippen molar-refractivity contribution in [3.05, 3.63) is 40.3 Å². The molecule has 2 heterocycles. The van der Waals surface area contributed by atoms with Crippen LogP contribution in [0.5, 0.6) is 0 Å². The summed E-state index contributed by atoms with van der Waals surface area (Å²) in [5.41, 5.74) is -0.254. The largest absolute Gasteiger partial charge is 0.408 e. The van der Waals surface area contributed by atoms with Gasteiger partial charge in [-0.2, -0.15) is 4.31 Å². The van der Waals surface area contributed by atoms with Crippen LogP contribution in [0.15, 0.2) is 33.6 Å². The highest BCUT2D eigenvalue weighted by Gasteiger charge is 2.30. The van der Waals surface area contributed by atoms with E-state index in [9.17, 15) is 18.5 Å². The van der Waals surface area contributed by atoms with E-state index in [-0.39, 0.29) is 23.7 Å². The van der Waals surface area contributed by atoms with Crippen molar-refractivity contribution in [3.8, 4) is 0 Å². The third kappa shape index (κ3) is 3.08. The lowest BCUT2D eigenvalue weighted by molar-refractivity contribution is -0.385. The molecule has 128 valence electrons. The van der Waals surface area contributed by atoms with Gasteiger partial charge < -0.3 is 9.32 Å². The second-order valence-corrected chi connectivity index (χ2v) is 7.19. The van der Waals surface area contributed by atoms with Gasteiger partial charge in [-0.15, -0.1) is 5.10 Å². The Kier molecular flexibility index (Phi) is 4.20. The number of nitrogens with zero attached hydrogens (tertiary/aromatic N) is 5. The Morgan fingerprint density at radius 2 is 1.92 bits per heavy atom. The number of aromatic nitrogens is 2. The molecular formula is C13H15N5O5S. The summed E-state index contributed by atoms with van der Waals surface area (Å²) >= 11 is 0. The molecule has 1 aliphatic heterocycles. The Balaban J connectivity index is 1.75. The fourth-order valence-corrected chi connectivity index (χ4v) is 3.90. The van der Waals surface area contributed by atoms with Crippen LogP contribution in [-0.2, 0) is 10.0 Å². The molecule has 0 saturated carbocycles. The summed E-state index contributed by atoms with van der Waals surface area (Å²) in [5, 5.41) is 18.5. The minimum atomic E-state index is -3.78. The number of sulfonamides is 1. The van der Waals surface area contributed by atoms with Crippen molar-refractivity contribution in [2.75, 3.05) is 31.1 Å². The summed E-state index contributed by atoms with van der Waals surface area (Å²) < 4.78 is 31.9. The van der Waals surface area contributed by atoms with Gasteiger partial charge in [0.2, 0.25) is 15.9 Å². The summed E-state index contributed by atoms with van der Waals surface area (Å²) in [6.07, 6.45) is 0. The quantitative estimate of drug-likeness (QED) is 0.584. The molecule has 24 heavy (non-hydrogen) atoms. The molecule has 2 aromatic rings. The SMILES string of the molecule is Cc1nnc(N2CCN(S(=O)(=O)c3cccc([N+](=O)[O-])c3)CC2)o1. The molecule has 1 aliphatic rings. The molecule has 1 aromatic heterocycles. The number of non-ortho nitro benzene ring substituents is 1. The number of rotatable bonds is 4. The topological polar surface area (TPSA) is 123 Å². The highest BCUT2D eigenvalue weighted by Crippen LogP contribution is 2.23. The third-order valence-electron chi connectivity index (χ3n) is 3.69. The van der Waals surface area contributed by atoms with Gasteiger partial charge in [-0.3, -0.25) is 10.1 Å². The Bertz CT molecular complexity index is 857. The van der Waals surface area contributed by atoms with E-state index < -0.39 is 14.9 Å². The van der Waals surface area contributed by atoms with Gasteiger partial charge in [0, 0.05) is 45.2 Å². The zero-order valence-corrected chi connectivity index (χ0v) is 13.6. The monoisotopic (exact) mass is 353 g/mol. The van der Waals surface area contributed by atoms with Gasteiger partial charge in [-0.25, -0.2) is 8.42 Å². The fourth-order valence-electron chi connectivity index (χ4n) is 2.44. The Morgan fingerprint density at radius 3 is 2.50 bits per heavy atom. The van der Waals surface area contributed by atoms with Gasteiger partial charge in [0.05, 0.1) is 9.82 Å². The van der Waals surface area contributed by atoms with Gasteiger partial charge in [0.1, 0.15) is 0 Å². The molecule has 0 bridgehead atoms. The molecule has 0 spiro atoms. The molecule has 1 aromatic carbocycles. The number of nitro groups is 1. The van der Waals surface area contributed by atoms with Crippen molar-refractivity contribution in [1.29, 1.82) is 0 Å². The van der Waals surface area contributed by atoms with E-state index in [0.717, 1.165) is 6.07 Å². The first-order valence-electron chi connectivity index (χ1n) is 7.17. The fraction of sp³-hybridized carbons (Fsp3) is 0.385. The number of piperazine rings is 1. The first-order chi connectivity index (χ1) is 11.4. The maximum absolute atomic E-state index is 12.6. The molecule has 0 unspecified atom stereocenters. The number of nitro benzene ring substituents is 1. The zero-order chi connectivity index (χ0) is 17.3. The van der Waals surface area contributed by atoms with E-state index in [0.29, 0.717) is 25.0 Å². The predicted molar refractivity (Wildman–Crippen MR) is 83.1 cm³/mol. The van der Waals surface area contributed by atoms with Crippen molar-refractivity contribution in [1.82, 2.24) is 14.5 Å². The molecule has 1 saturated heterocycles. The molecule has 0 radical (unpaired) electrons. The highest BCUT2D eigenvalue weighted by atomic mass is 32.2.